The highest BCUT2D eigenvalue weighted by Crippen LogP contribution is 2.41. The summed E-state index contributed by atoms with van der Waals surface area (Å²) in [5.74, 6) is 1.62. The average molecular weight is 257 g/mol. The van der Waals surface area contributed by atoms with Crippen molar-refractivity contribution >= 4 is 17.6 Å². The lowest BCUT2D eigenvalue weighted by Crippen LogP contribution is -2.19. The number of aryl methyl sites for hydroxylation is 1. The molecular formula is C15H19N3O. The molecule has 0 aromatic heterocycles. The third kappa shape index (κ3) is 2.18. The molecule has 2 aliphatic heterocycles. The van der Waals surface area contributed by atoms with E-state index in [0.29, 0.717) is 12.4 Å². The topological polar surface area (TPSA) is 59.6 Å². The maximum absolute atomic E-state index is 6.06. The molecule has 4 nitrogen and oxygen atoms in total. The molecule has 1 aromatic rings. The van der Waals surface area contributed by atoms with Gasteiger partial charge in [-0.05, 0) is 25.0 Å². The molecule has 0 fully saturated rings. The molecule has 0 saturated carbocycles. The van der Waals surface area contributed by atoms with Gasteiger partial charge in [0.2, 0.25) is 0 Å². The van der Waals surface area contributed by atoms with Crippen molar-refractivity contribution in [1.82, 2.24) is 0 Å². The minimum absolute atomic E-state index is 0.106. The minimum atomic E-state index is 0.106. The van der Waals surface area contributed by atoms with Crippen molar-refractivity contribution in [3.05, 3.63) is 28.8 Å². The van der Waals surface area contributed by atoms with Gasteiger partial charge in [-0.1, -0.05) is 18.2 Å². The van der Waals surface area contributed by atoms with E-state index >= 15 is 0 Å². The van der Waals surface area contributed by atoms with Crippen LogP contribution in [0.3, 0.4) is 0 Å². The summed E-state index contributed by atoms with van der Waals surface area (Å²) in [6.45, 7) is 5.45. The van der Waals surface area contributed by atoms with Gasteiger partial charge < -0.3 is 15.8 Å². The van der Waals surface area contributed by atoms with Gasteiger partial charge in [-0.25, -0.2) is 0 Å². The largest absolute Gasteiger partial charge is 0.487 e. The number of benzene rings is 1. The SMILES string of the molecule is CC(N)=NCC1Cc2cc(C)c3c(c2O1)C=CCN3. The Morgan fingerprint density at radius 3 is 3.21 bits per heavy atom. The Labute approximate surface area is 113 Å². The Morgan fingerprint density at radius 2 is 2.42 bits per heavy atom. The first kappa shape index (κ1) is 12.1. The monoisotopic (exact) mass is 257 g/mol. The number of fused-ring (bicyclic) bond motifs is 3. The summed E-state index contributed by atoms with van der Waals surface area (Å²) in [6, 6.07) is 2.22. The minimum Gasteiger partial charge on any atom is -0.487 e. The number of anilines is 1. The zero-order chi connectivity index (χ0) is 13.4. The van der Waals surface area contributed by atoms with E-state index in [0.717, 1.165) is 18.7 Å². The Kier molecular flexibility index (Phi) is 2.93. The van der Waals surface area contributed by atoms with Crippen molar-refractivity contribution < 1.29 is 4.74 Å². The van der Waals surface area contributed by atoms with Crippen LogP contribution in [-0.2, 0) is 6.42 Å². The first-order valence-electron chi connectivity index (χ1n) is 6.65. The number of nitrogens with one attached hydrogen (secondary N) is 1. The number of rotatable bonds is 2. The Hall–Kier alpha value is -1.97. The predicted molar refractivity (Wildman–Crippen MR) is 79.0 cm³/mol. The van der Waals surface area contributed by atoms with E-state index in [9.17, 15) is 0 Å². The van der Waals surface area contributed by atoms with Crippen molar-refractivity contribution in [2.45, 2.75) is 26.4 Å². The molecule has 0 bridgehead atoms. The zero-order valence-corrected chi connectivity index (χ0v) is 11.4. The summed E-state index contributed by atoms with van der Waals surface area (Å²) in [5, 5.41) is 3.41. The molecule has 0 amide bonds. The van der Waals surface area contributed by atoms with E-state index in [1.165, 1.54) is 22.4 Å². The van der Waals surface area contributed by atoms with Crippen LogP contribution in [0.4, 0.5) is 5.69 Å². The highest BCUT2D eigenvalue weighted by molar-refractivity contribution is 5.79. The molecular weight excluding hydrogens is 238 g/mol. The van der Waals surface area contributed by atoms with Gasteiger partial charge in [-0.2, -0.15) is 0 Å². The standard InChI is InChI=1S/C15H19N3O/c1-9-6-11-7-12(8-18-10(2)16)19-15(11)13-4-3-5-17-14(9)13/h3-4,6,12,17H,5,7-8H2,1-2H3,(H2,16,18). The van der Waals surface area contributed by atoms with Gasteiger partial charge in [0.05, 0.1) is 12.4 Å². The lowest BCUT2D eigenvalue weighted by Gasteiger charge is -2.19. The zero-order valence-electron chi connectivity index (χ0n) is 11.4. The average Bonchev–Trinajstić information content (AvgIpc) is 2.80. The second-order valence-electron chi connectivity index (χ2n) is 5.18. The number of amidine groups is 1. The van der Waals surface area contributed by atoms with Crippen LogP contribution < -0.4 is 15.8 Å². The predicted octanol–water partition coefficient (Wildman–Crippen LogP) is 2.11. The van der Waals surface area contributed by atoms with Gasteiger partial charge in [-0.15, -0.1) is 0 Å². The van der Waals surface area contributed by atoms with Crippen LogP contribution in [0, 0.1) is 6.92 Å². The van der Waals surface area contributed by atoms with Crippen molar-refractivity contribution in [2.75, 3.05) is 18.4 Å². The third-order valence-electron chi connectivity index (χ3n) is 3.55. The van der Waals surface area contributed by atoms with Gasteiger partial charge in [0.25, 0.3) is 0 Å². The molecule has 100 valence electrons. The normalized spacial score (nSPS) is 20.5. The van der Waals surface area contributed by atoms with Crippen molar-refractivity contribution in [1.29, 1.82) is 0 Å². The van der Waals surface area contributed by atoms with Crippen molar-refractivity contribution in [3.63, 3.8) is 0 Å². The molecule has 19 heavy (non-hydrogen) atoms. The summed E-state index contributed by atoms with van der Waals surface area (Å²) < 4.78 is 6.06. The van der Waals surface area contributed by atoms with Crippen LogP contribution in [-0.4, -0.2) is 25.0 Å². The first-order chi connectivity index (χ1) is 9.15. The van der Waals surface area contributed by atoms with Crippen LogP contribution in [0.5, 0.6) is 5.75 Å². The number of nitrogens with two attached hydrogens (primary N) is 1. The molecule has 2 aliphatic rings. The molecule has 0 aliphatic carbocycles. The van der Waals surface area contributed by atoms with Crippen LogP contribution in [0.1, 0.15) is 23.6 Å². The fourth-order valence-corrected chi connectivity index (χ4v) is 2.72. The highest BCUT2D eigenvalue weighted by Gasteiger charge is 2.27. The summed E-state index contributed by atoms with van der Waals surface area (Å²) in [4.78, 5) is 4.26. The Morgan fingerprint density at radius 1 is 1.58 bits per heavy atom. The van der Waals surface area contributed by atoms with Crippen LogP contribution in [0.25, 0.3) is 6.08 Å². The van der Waals surface area contributed by atoms with E-state index < -0.39 is 0 Å². The number of nitrogens with zero attached hydrogens (tertiary/aromatic N) is 1. The smallest absolute Gasteiger partial charge is 0.132 e. The maximum Gasteiger partial charge on any atom is 0.132 e. The number of hydrogen-bond donors (Lipinski definition) is 2. The van der Waals surface area contributed by atoms with Crippen molar-refractivity contribution in [3.8, 4) is 5.75 Å². The van der Waals surface area contributed by atoms with Crippen LogP contribution in [0.2, 0.25) is 0 Å². The second kappa shape index (κ2) is 4.61. The molecule has 3 rings (SSSR count). The van der Waals surface area contributed by atoms with E-state index in [4.69, 9.17) is 10.5 Å². The van der Waals surface area contributed by atoms with Crippen LogP contribution in [0.15, 0.2) is 17.1 Å². The van der Waals surface area contributed by atoms with Gasteiger partial charge >= 0.3 is 0 Å². The quantitative estimate of drug-likeness (QED) is 0.630. The lowest BCUT2D eigenvalue weighted by molar-refractivity contribution is 0.241. The molecule has 0 saturated heterocycles. The summed E-state index contributed by atoms with van der Waals surface area (Å²) in [5.41, 5.74) is 10.5. The molecule has 3 N–H and O–H groups in total. The maximum atomic E-state index is 6.06. The summed E-state index contributed by atoms with van der Waals surface area (Å²) in [7, 11) is 0. The molecule has 1 atom stereocenters. The second-order valence-corrected chi connectivity index (χ2v) is 5.18. The first-order valence-corrected chi connectivity index (χ1v) is 6.65. The fourth-order valence-electron chi connectivity index (χ4n) is 2.72. The fraction of sp³-hybridized carbons (Fsp3) is 0.400. The van der Waals surface area contributed by atoms with Gasteiger partial charge in [0, 0.05) is 24.2 Å². The van der Waals surface area contributed by atoms with E-state index in [1.54, 1.807) is 6.92 Å². The molecule has 1 unspecified atom stereocenters. The van der Waals surface area contributed by atoms with Gasteiger partial charge in [0.15, 0.2) is 0 Å². The summed E-state index contributed by atoms with van der Waals surface area (Å²) >= 11 is 0. The highest BCUT2D eigenvalue weighted by atomic mass is 16.5. The summed E-state index contributed by atoms with van der Waals surface area (Å²) in [6.07, 6.45) is 5.29. The third-order valence-corrected chi connectivity index (χ3v) is 3.55. The van der Waals surface area contributed by atoms with E-state index in [2.05, 4.69) is 35.5 Å². The van der Waals surface area contributed by atoms with Gasteiger partial charge in [-0.3, -0.25) is 4.99 Å². The Balaban J connectivity index is 1.92. The molecule has 0 spiro atoms. The molecule has 0 radical (unpaired) electrons. The lowest BCUT2D eigenvalue weighted by atomic mass is 9.98. The van der Waals surface area contributed by atoms with E-state index in [1.807, 2.05) is 0 Å². The van der Waals surface area contributed by atoms with E-state index in [-0.39, 0.29) is 6.10 Å². The number of ether oxygens (including phenoxy) is 1. The molecule has 4 heteroatoms. The number of aliphatic imine (C=N–C) groups is 1. The number of hydrogen-bond acceptors (Lipinski definition) is 3. The van der Waals surface area contributed by atoms with Crippen LogP contribution >= 0.6 is 0 Å². The van der Waals surface area contributed by atoms with Gasteiger partial charge in [0.1, 0.15) is 11.9 Å². The Bertz CT molecular complexity index is 571. The molecule has 1 aromatic carbocycles. The van der Waals surface area contributed by atoms with Crippen molar-refractivity contribution in [2.24, 2.45) is 10.7 Å². The molecule has 2 heterocycles.